The Morgan fingerprint density at radius 2 is 2.11 bits per heavy atom. The topological polar surface area (TPSA) is 104 Å². The number of carbonyl (C=O) groups is 1. The van der Waals surface area contributed by atoms with Gasteiger partial charge in [0.05, 0.1) is 17.1 Å². The number of nitro benzene ring substituents is 1. The van der Waals surface area contributed by atoms with E-state index in [0.717, 1.165) is 12.1 Å². The first-order valence-electron chi connectivity index (χ1n) is 4.66. The number of benzene rings is 1. The van der Waals surface area contributed by atoms with Gasteiger partial charge in [-0.3, -0.25) is 14.9 Å². The summed E-state index contributed by atoms with van der Waals surface area (Å²) in [5.74, 6) is -0.284. The van der Waals surface area contributed by atoms with Gasteiger partial charge in [0.15, 0.2) is 6.29 Å². The van der Waals surface area contributed by atoms with Crippen molar-refractivity contribution in [1.82, 2.24) is 0 Å². The minimum absolute atomic E-state index is 0.0814. The Labute approximate surface area is 107 Å². The lowest BCUT2D eigenvalue weighted by atomic mass is 10.2. The number of hydrogen-bond acceptors (Lipinski definition) is 6. The summed E-state index contributed by atoms with van der Waals surface area (Å²) in [5.41, 5.74) is -0.801. The van der Waals surface area contributed by atoms with Gasteiger partial charge in [0.1, 0.15) is 10.6 Å². The van der Waals surface area contributed by atoms with Crippen molar-refractivity contribution in [1.29, 1.82) is 0 Å². The molecule has 0 aliphatic rings. The molecule has 1 aromatic carbocycles. The van der Waals surface area contributed by atoms with Gasteiger partial charge in [-0.1, -0.05) is 0 Å². The van der Waals surface area contributed by atoms with Crippen LogP contribution in [-0.2, 0) is 9.05 Å². The zero-order chi connectivity index (χ0) is 13.9. The molecule has 0 saturated carbocycles. The molecule has 0 aliphatic carbocycles. The van der Waals surface area contributed by atoms with Crippen molar-refractivity contribution in [3.05, 3.63) is 27.8 Å². The number of aldehydes is 1. The zero-order valence-corrected chi connectivity index (χ0v) is 10.7. The van der Waals surface area contributed by atoms with E-state index in [1.807, 2.05) is 0 Å². The highest BCUT2D eigenvalue weighted by Gasteiger charge is 2.25. The number of non-ortho nitro benzene ring substituents is 1. The van der Waals surface area contributed by atoms with Crippen LogP contribution in [0.4, 0.5) is 5.69 Å². The van der Waals surface area contributed by atoms with E-state index in [0.29, 0.717) is 0 Å². The lowest BCUT2D eigenvalue weighted by Crippen LogP contribution is -2.04. The molecule has 9 heteroatoms. The van der Waals surface area contributed by atoms with Crippen molar-refractivity contribution in [3.8, 4) is 5.75 Å². The van der Waals surface area contributed by atoms with Crippen LogP contribution in [0.5, 0.6) is 5.75 Å². The van der Waals surface area contributed by atoms with Crippen molar-refractivity contribution < 1.29 is 22.9 Å². The second-order valence-corrected chi connectivity index (χ2v) is 5.64. The average Bonchev–Trinajstić information content (AvgIpc) is 2.27. The van der Waals surface area contributed by atoms with Crippen LogP contribution in [-0.4, -0.2) is 26.2 Å². The van der Waals surface area contributed by atoms with Crippen molar-refractivity contribution in [3.63, 3.8) is 0 Å². The fourth-order valence-electron chi connectivity index (χ4n) is 1.28. The summed E-state index contributed by atoms with van der Waals surface area (Å²) < 4.78 is 27.6. The minimum Gasteiger partial charge on any atom is -0.492 e. The van der Waals surface area contributed by atoms with Gasteiger partial charge in [0.25, 0.3) is 14.7 Å². The van der Waals surface area contributed by atoms with Crippen molar-refractivity contribution >= 4 is 31.7 Å². The third-order valence-corrected chi connectivity index (χ3v) is 3.28. The fraction of sp³-hybridized carbons (Fsp3) is 0.222. The SMILES string of the molecule is CCOc1c(C=O)cc([N+](=O)[O-])cc1S(=O)(=O)Cl. The summed E-state index contributed by atoms with van der Waals surface area (Å²) in [7, 11) is 0.898. The molecule has 0 aliphatic heterocycles. The van der Waals surface area contributed by atoms with Crippen LogP contribution < -0.4 is 4.74 Å². The monoisotopic (exact) mass is 293 g/mol. The van der Waals surface area contributed by atoms with Gasteiger partial charge < -0.3 is 4.74 Å². The number of nitrogens with zero attached hydrogens (tertiary/aromatic N) is 1. The van der Waals surface area contributed by atoms with Crippen LogP contribution in [0.15, 0.2) is 17.0 Å². The standard InChI is InChI=1S/C9H8ClNO6S/c1-2-17-9-6(5-12)3-7(11(13)14)4-8(9)18(10,15)16/h3-5H,2H2,1H3. The smallest absolute Gasteiger partial charge is 0.271 e. The number of ether oxygens (including phenoxy) is 1. The van der Waals surface area contributed by atoms with Crippen LogP contribution in [0.25, 0.3) is 0 Å². The molecule has 0 heterocycles. The van der Waals surface area contributed by atoms with Gasteiger partial charge in [-0.2, -0.15) is 0 Å². The minimum atomic E-state index is -4.26. The van der Waals surface area contributed by atoms with Gasteiger partial charge in [-0.15, -0.1) is 0 Å². The van der Waals surface area contributed by atoms with E-state index in [2.05, 4.69) is 0 Å². The third kappa shape index (κ3) is 2.96. The highest BCUT2D eigenvalue weighted by molar-refractivity contribution is 8.13. The molecule has 0 unspecified atom stereocenters. The second kappa shape index (κ2) is 5.32. The first kappa shape index (κ1) is 14.4. The molecule has 0 spiro atoms. The lowest BCUT2D eigenvalue weighted by molar-refractivity contribution is -0.385. The van der Waals surface area contributed by atoms with E-state index in [-0.39, 0.29) is 24.2 Å². The summed E-state index contributed by atoms with van der Waals surface area (Å²) in [6, 6.07) is 1.67. The Balaban J connectivity index is 3.67. The molecule has 98 valence electrons. The van der Waals surface area contributed by atoms with E-state index in [9.17, 15) is 23.3 Å². The summed E-state index contributed by atoms with van der Waals surface area (Å²) in [5, 5.41) is 10.6. The van der Waals surface area contributed by atoms with Crippen LogP contribution in [0, 0.1) is 10.1 Å². The Kier molecular flexibility index (Phi) is 4.25. The molecule has 0 atom stereocenters. The van der Waals surface area contributed by atoms with Crippen LogP contribution in [0.2, 0.25) is 0 Å². The van der Waals surface area contributed by atoms with Crippen molar-refractivity contribution in [2.75, 3.05) is 6.61 Å². The van der Waals surface area contributed by atoms with Crippen LogP contribution >= 0.6 is 10.7 Å². The zero-order valence-electron chi connectivity index (χ0n) is 9.12. The van der Waals surface area contributed by atoms with Crippen molar-refractivity contribution in [2.45, 2.75) is 11.8 Å². The Hall–Kier alpha value is -1.67. The molecule has 18 heavy (non-hydrogen) atoms. The van der Waals surface area contributed by atoms with Gasteiger partial charge in [0, 0.05) is 22.8 Å². The van der Waals surface area contributed by atoms with Crippen LogP contribution in [0.3, 0.4) is 0 Å². The number of carbonyl (C=O) groups excluding carboxylic acids is 1. The Bertz CT molecular complexity index is 597. The molecular weight excluding hydrogens is 286 g/mol. The third-order valence-electron chi connectivity index (χ3n) is 1.96. The van der Waals surface area contributed by atoms with Gasteiger partial charge >= 0.3 is 0 Å². The highest BCUT2D eigenvalue weighted by atomic mass is 35.7. The highest BCUT2D eigenvalue weighted by Crippen LogP contribution is 2.34. The number of nitro groups is 1. The molecule has 0 saturated heterocycles. The first-order valence-corrected chi connectivity index (χ1v) is 6.97. The van der Waals surface area contributed by atoms with E-state index >= 15 is 0 Å². The molecule has 1 aromatic rings. The molecule has 0 amide bonds. The lowest BCUT2D eigenvalue weighted by Gasteiger charge is -2.09. The summed E-state index contributed by atoms with van der Waals surface area (Å²) >= 11 is 0. The Morgan fingerprint density at radius 1 is 1.50 bits per heavy atom. The predicted molar refractivity (Wildman–Crippen MR) is 62.7 cm³/mol. The maximum atomic E-state index is 11.3. The van der Waals surface area contributed by atoms with Crippen molar-refractivity contribution in [2.24, 2.45) is 0 Å². The molecule has 0 aromatic heterocycles. The normalized spacial score (nSPS) is 11.0. The van der Waals surface area contributed by atoms with E-state index in [1.165, 1.54) is 0 Å². The summed E-state index contributed by atoms with van der Waals surface area (Å²) in [4.78, 5) is 20.0. The number of hydrogen-bond donors (Lipinski definition) is 0. The fourth-order valence-corrected chi connectivity index (χ4v) is 2.29. The first-order chi connectivity index (χ1) is 8.31. The number of halogens is 1. The largest absolute Gasteiger partial charge is 0.492 e. The molecular formula is C9H8ClNO6S. The van der Waals surface area contributed by atoms with Gasteiger partial charge in [0.2, 0.25) is 0 Å². The summed E-state index contributed by atoms with van der Waals surface area (Å²) in [6.07, 6.45) is 0.267. The molecule has 0 bridgehead atoms. The molecule has 7 nitrogen and oxygen atoms in total. The average molecular weight is 294 g/mol. The molecule has 0 N–H and O–H groups in total. The maximum Gasteiger partial charge on any atom is 0.271 e. The second-order valence-electron chi connectivity index (χ2n) is 3.11. The van der Waals surface area contributed by atoms with E-state index < -0.39 is 24.6 Å². The quantitative estimate of drug-likeness (QED) is 0.354. The van der Waals surface area contributed by atoms with Gasteiger partial charge in [-0.05, 0) is 6.92 Å². The van der Waals surface area contributed by atoms with E-state index in [4.69, 9.17) is 15.4 Å². The van der Waals surface area contributed by atoms with Crippen LogP contribution in [0.1, 0.15) is 17.3 Å². The molecule has 0 radical (unpaired) electrons. The molecule has 1 rings (SSSR count). The Morgan fingerprint density at radius 3 is 2.50 bits per heavy atom. The molecule has 0 fully saturated rings. The van der Waals surface area contributed by atoms with Gasteiger partial charge in [-0.25, -0.2) is 8.42 Å². The number of rotatable bonds is 5. The summed E-state index contributed by atoms with van der Waals surface area (Å²) in [6.45, 7) is 1.65. The van der Waals surface area contributed by atoms with E-state index in [1.54, 1.807) is 6.92 Å². The predicted octanol–water partition coefficient (Wildman–Crippen LogP) is 1.73. The maximum absolute atomic E-state index is 11.3.